The minimum Gasteiger partial charge on any atom is -0.340 e. The van der Waals surface area contributed by atoms with Crippen LogP contribution in [0.3, 0.4) is 0 Å². The summed E-state index contributed by atoms with van der Waals surface area (Å²) < 4.78 is 0. The van der Waals surface area contributed by atoms with E-state index in [1.54, 1.807) is 0 Å². The van der Waals surface area contributed by atoms with Crippen LogP contribution in [0.5, 0.6) is 0 Å². The van der Waals surface area contributed by atoms with E-state index in [-0.39, 0.29) is 5.92 Å². The molecule has 0 spiro atoms. The third-order valence-electron chi connectivity index (χ3n) is 4.48. The highest BCUT2D eigenvalue weighted by Crippen LogP contribution is 2.25. The van der Waals surface area contributed by atoms with Gasteiger partial charge in [-0.05, 0) is 39.5 Å². The maximum Gasteiger partial charge on any atom is 0.225 e. The second-order valence-electron chi connectivity index (χ2n) is 6.07. The fourth-order valence-corrected chi connectivity index (χ4v) is 3.08. The lowest BCUT2D eigenvalue weighted by molar-refractivity contribution is -0.138. The van der Waals surface area contributed by atoms with Gasteiger partial charge in [-0.15, -0.1) is 0 Å². The number of rotatable bonds is 2. The largest absolute Gasteiger partial charge is 0.340 e. The van der Waals surface area contributed by atoms with Crippen LogP contribution in [0.25, 0.3) is 0 Å². The quantitative estimate of drug-likeness (QED) is 0.800. The minimum atomic E-state index is 0.246. The van der Waals surface area contributed by atoms with Crippen LogP contribution in [0.1, 0.15) is 39.5 Å². The molecule has 2 fully saturated rings. The normalized spacial score (nSPS) is 30.8. The van der Waals surface area contributed by atoms with E-state index in [0.717, 1.165) is 51.9 Å². The van der Waals surface area contributed by atoms with Crippen molar-refractivity contribution in [3.05, 3.63) is 0 Å². The van der Waals surface area contributed by atoms with Gasteiger partial charge in [0.1, 0.15) is 0 Å². The second kappa shape index (κ2) is 6.02. The minimum absolute atomic E-state index is 0.246. The lowest BCUT2D eigenvalue weighted by Gasteiger charge is -2.39. The van der Waals surface area contributed by atoms with E-state index in [0.29, 0.717) is 18.0 Å². The average molecular weight is 253 g/mol. The monoisotopic (exact) mass is 253 g/mol. The number of carbonyl (C=O) groups excluding carboxylic acids is 1. The predicted octanol–water partition coefficient (Wildman–Crippen LogP) is 1.06. The van der Waals surface area contributed by atoms with Crippen LogP contribution in [0, 0.1) is 5.92 Å². The van der Waals surface area contributed by atoms with Gasteiger partial charge in [0.2, 0.25) is 5.91 Å². The molecular weight excluding hydrogens is 226 g/mol. The van der Waals surface area contributed by atoms with Gasteiger partial charge in [0.15, 0.2) is 0 Å². The van der Waals surface area contributed by atoms with E-state index in [1.165, 1.54) is 0 Å². The number of hydrogen-bond donors (Lipinski definition) is 1. The van der Waals surface area contributed by atoms with Gasteiger partial charge in [-0.2, -0.15) is 0 Å². The number of nitrogens with two attached hydrogens (primary N) is 1. The second-order valence-corrected chi connectivity index (χ2v) is 6.07. The Balaban J connectivity index is 1.80. The number of amides is 1. The lowest BCUT2D eigenvalue weighted by atomic mass is 9.85. The average Bonchev–Trinajstić information content (AvgIpc) is 2.39. The molecule has 1 aliphatic heterocycles. The van der Waals surface area contributed by atoms with Crippen LogP contribution in [-0.4, -0.2) is 54.0 Å². The van der Waals surface area contributed by atoms with Gasteiger partial charge >= 0.3 is 0 Å². The Morgan fingerprint density at radius 2 is 1.61 bits per heavy atom. The Hall–Kier alpha value is -0.610. The summed E-state index contributed by atoms with van der Waals surface area (Å²) in [5, 5.41) is 0. The topological polar surface area (TPSA) is 49.6 Å². The van der Waals surface area contributed by atoms with E-state index >= 15 is 0 Å². The van der Waals surface area contributed by atoms with Gasteiger partial charge in [-0.25, -0.2) is 0 Å². The van der Waals surface area contributed by atoms with Crippen LogP contribution in [-0.2, 0) is 4.79 Å². The molecule has 104 valence electrons. The van der Waals surface area contributed by atoms with Crippen LogP contribution in [0.2, 0.25) is 0 Å². The molecule has 1 saturated heterocycles. The molecule has 4 heteroatoms. The number of piperazine rings is 1. The summed E-state index contributed by atoms with van der Waals surface area (Å²) in [4.78, 5) is 16.9. The van der Waals surface area contributed by atoms with Gasteiger partial charge in [0, 0.05) is 44.2 Å². The van der Waals surface area contributed by atoms with Crippen LogP contribution < -0.4 is 5.73 Å². The summed E-state index contributed by atoms with van der Waals surface area (Å²) in [5.74, 6) is 0.626. The van der Waals surface area contributed by atoms with Crippen LogP contribution in [0.15, 0.2) is 0 Å². The molecule has 1 aliphatic carbocycles. The first-order valence-corrected chi connectivity index (χ1v) is 7.36. The fraction of sp³-hybridized carbons (Fsp3) is 0.929. The Morgan fingerprint density at radius 1 is 1.06 bits per heavy atom. The third kappa shape index (κ3) is 3.23. The Kier molecular flexibility index (Phi) is 4.62. The van der Waals surface area contributed by atoms with E-state index < -0.39 is 0 Å². The Bertz CT molecular complexity index is 277. The van der Waals surface area contributed by atoms with Gasteiger partial charge in [0.05, 0.1) is 0 Å². The Morgan fingerprint density at radius 3 is 2.11 bits per heavy atom. The van der Waals surface area contributed by atoms with E-state index in [4.69, 9.17) is 5.73 Å². The molecule has 2 N–H and O–H groups in total. The molecule has 0 aromatic heterocycles. The molecule has 0 atom stereocenters. The molecule has 1 amide bonds. The molecule has 0 unspecified atom stereocenters. The summed E-state index contributed by atoms with van der Waals surface area (Å²) in [6, 6.07) is 0.918. The van der Waals surface area contributed by atoms with Crippen molar-refractivity contribution in [3.8, 4) is 0 Å². The Labute approximate surface area is 110 Å². The number of carbonyl (C=O) groups is 1. The van der Waals surface area contributed by atoms with E-state index in [9.17, 15) is 4.79 Å². The molecule has 1 heterocycles. The smallest absolute Gasteiger partial charge is 0.225 e. The highest BCUT2D eigenvalue weighted by molar-refractivity contribution is 5.79. The molecule has 4 nitrogen and oxygen atoms in total. The summed E-state index contributed by atoms with van der Waals surface area (Å²) in [6.07, 6.45) is 4.01. The molecule has 0 bridgehead atoms. The van der Waals surface area contributed by atoms with Crippen molar-refractivity contribution in [1.82, 2.24) is 9.80 Å². The molecule has 2 rings (SSSR count). The SMILES string of the molecule is CC(C)N1CCN(C(=O)C2CCC(N)CC2)CC1. The summed E-state index contributed by atoms with van der Waals surface area (Å²) >= 11 is 0. The predicted molar refractivity (Wildman–Crippen MR) is 73.2 cm³/mol. The summed E-state index contributed by atoms with van der Waals surface area (Å²) in [6.45, 7) is 8.30. The zero-order valence-corrected chi connectivity index (χ0v) is 11.8. The first-order chi connectivity index (χ1) is 8.58. The van der Waals surface area contributed by atoms with Gasteiger partial charge in [-0.1, -0.05) is 0 Å². The summed E-state index contributed by atoms with van der Waals surface area (Å²) in [7, 11) is 0. The summed E-state index contributed by atoms with van der Waals surface area (Å²) in [5.41, 5.74) is 5.90. The molecule has 0 aromatic rings. The molecule has 2 aliphatic rings. The van der Waals surface area contributed by atoms with Crippen molar-refractivity contribution in [2.24, 2.45) is 11.7 Å². The molecule has 1 saturated carbocycles. The lowest BCUT2D eigenvalue weighted by Crippen LogP contribution is -2.52. The van der Waals surface area contributed by atoms with Gasteiger partial charge in [-0.3, -0.25) is 9.69 Å². The molecule has 18 heavy (non-hydrogen) atoms. The first-order valence-electron chi connectivity index (χ1n) is 7.36. The molecule has 0 radical (unpaired) electrons. The van der Waals surface area contributed by atoms with Crippen molar-refractivity contribution in [2.75, 3.05) is 26.2 Å². The zero-order valence-electron chi connectivity index (χ0n) is 11.8. The first kappa shape index (κ1) is 13.8. The number of hydrogen-bond acceptors (Lipinski definition) is 3. The zero-order chi connectivity index (χ0) is 13.1. The van der Waals surface area contributed by atoms with Crippen LogP contribution >= 0.6 is 0 Å². The maximum absolute atomic E-state index is 12.4. The van der Waals surface area contributed by atoms with Crippen molar-refractivity contribution in [2.45, 2.75) is 51.6 Å². The van der Waals surface area contributed by atoms with Gasteiger partial charge in [0.25, 0.3) is 0 Å². The highest BCUT2D eigenvalue weighted by Gasteiger charge is 2.30. The van der Waals surface area contributed by atoms with Crippen molar-refractivity contribution in [1.29, 1.82) is 0 Å². The third-order valence-corrected chi connectivity index (χ3v) is 4.48. The highest BCUT2D eigenvalue weighted by atomic mass is 16.2. The van der Waals surface area contributed by atoms with Crippen molar-refractivity contribution in [3.63, 3.8) is 0 Å². The number of nitrogens with zero attached hydrogens (tertiary/aromatic N) is 2. The van der Waals surface area contributed by atoms with Crippen molar-refractivity contribution >= 4 is 5.91 Å². The van der Waals surface area contributed by atoms with Crippen molar-refractivity contribution < 1.29 is 4.79 Å². The van der Waals surface area contributed by atoms with E-state index in [1.807, 2.05) is 0 Å². The molecule has 0 aromatic carbocycles. The van der Waals surface area contributed by atoms with Crippen LogP contribution in [0.4, 0.5) is 0 Å². The maximum atomic E-state index is 12.4. The fourth-order valence-electron chi connectivity index (χ4n) is 3.08. The van der Waals surface area contributed by atoms with Gasteiger partial charge < -0.3 is 10.6 Å². The molecular formula is C14H27N3O. The van der Waals surface area contributed by atoms with E-state index in [2.05, 4.69) is 23.6 Å². The standard InChI is InChI=1S/C14H27N3O/c1-11(2)16-7-9-17(10-8-16)14(18)12-3-5-13(15)6-4-12/h11-13H,3-10,15H2,1-2H3.